The standard InChI is InChI=1S/C39H23N3/c1-2-11-26-25(10-1)30-15-9-16-31-38(30)33(26)23-40-39(31)42-36-19-8-5-14-29(36)32-22-24(20-21-37(32)42)41-34-17-6-3-12-27(34)28-13-4-7-18-35(28)41/h1-23H. The molecule has 194 valence electrons. The van der Waals surface area contributed by atoms with Gasteiger partial charge >= 0.3 is 0 Å². The summed E-state index contributed by atoms with van der Waals surface area (Å²) in [5.41, 5.74) is 11.0. The lowest BCUT2D eigenvalue weighted by molar-refractivity contribution is 1.10. The minimum atomic E-state index is 0.971. The molecule has 10 rings (SSSR count). The van der Waals surface area contributed by atoms with Crippen LogP contribution in [0.5, 0.6) is 0 Å². The molecule has 1 aliphatic rings. The predicted octanol–water partition coefficient (Wildman–Crippen LogP) is 10.1. The summed E-state index contributed by atoms with van der Waals surface area (Å²) in [6, 6.07) is 48.3. The Hall–Kier alpha value is -5.67. The van der Waals surface area contributed by atoms with Crippen molar-refractivity contribution >= 4 is 54.4 Å². The summed E-state index contributed by atoms with van der Waals surface area (Å²) in [6.45, 7) is 0. The summed E-state index contributed by atoms with van der Waals surface area (Å²) >= 11 is 0. The van der Waals surface area contributed by atoms with E-state index in [0.29, 0.717) is 0 Å². The van der Waals surface area contributed by atoms with E-state index in [1.165, 1.54) is 65.6 Å². The van der Waals surface area contributed by atoms with Gasteiger partial charge in [-0.2, -0.15) is 0 Å². The van der Waals surface area contributed by atoms with Crippen molar-refractivity contribution in [1.82, 2.24) is 14.1 Å². The average molecular weight is 534 g/mol. The minimum absolute atomic E-state index is 0.971. The Morgan fingerprint density at radius 1 is 0.381 bits per heavy atom. The molecule has 1 aliphatic carbocycles. The summed E-state index contributed by atoms with van der Waals surface area (Å²) in [6.07, 6.45) is 2.07. The lowest BCUT2D eigenvalue weighted by Crippen LogP contribution is -1.99. The van der Waals surface area contributed by atoms with Crippen LogP contribution in [-0.2, 0) is 0 Å². The monoisotopic (exact) mass is 533 g/mol. The molecular formula is C39H23N3. The third kappa shape index (κ3) is 2.72. The molecular weight excluding hydrogens is 510 g/mol. The van der Waals surface area contributed by atoms with Gasteiger partial charge in [0, 0.05) is 49.8 Å². The third-order valence-corrected chi connectivity index (χ3v) is 9.10. The summed E-state index contributed by atoms with van der Waals surface area (Å²) in [5, 5.41) is 7.45. The zero-order valence-electron chi connectivity index (χ0n) is 22.6. The second-order valence-corrected chi connectivity index (χ2v) is 11.2. The van der Waals surface area contributed by atoms with Crippen molar-refractivity contribution in [3.8, 4) is 33.8 Å². The Labute approximate surface area is 241 Å². The van der Waals surface area contributed by atoms with Crippen molar-refractivity contribution in [3.63, 3.8) is 0 Å². The maximum absolute atomic E-state index is 5.16. The van der Waals surface area contributed by atoms with Crippen LogP contribution in [0.25, 0.3) is 88.1 Å². The highest BCUT2D eigenvalue weighted by Crippen LogP contribution is 2.48. The van der Waals surface area contributed by atoms with Crippen molar-refractivity contribution < 1.29 is 0 Å². The SMILES string of the molecule is c1ccc2c(c1)-c1cccc3c(-n4c5ccccc5c5cc(-n6c7ccccc7c7ccccc76)ccc54)ncc-2c13. The molecule has 3 heteroatoms. The fourth-order valence-corrected chi connectivity index (χ4v) is 7.38. The minimum Gasteiger partial charge on any atom is -0.309 e. The van der Waals surface area contributed by atoms with E-state index in [2.05, 4.69) is 149 Å². The van der Waals surface area contributed by atoms with E-state index in [9.17, 15) is 0 Å². The van der Waals surface area contributed by atoms with Crippen LogP contribution in [0.3, 0.4) is 0 Å². The van der Waals surface area contributed by atoms with Gasteiger partial charge in [-0.25, -0.2) is 4.98 Å². The number of hydrogen-bond acceptors (Lipinski definition) is 1. The van der Waals surface area contributed by atoms with Gasteiger partial charge in [0.1, 0.15) is 5.82 Å². The number of rotatable bonds is 2. The van der Waals surface area contributed by atoms with E-state index in [4.69, 9.17) is 4.98 Å². The number of hydrogen-bond donors (Lipinski definition) is 0. The van der Waals surface area contributed by atoms with Crippen LogP contribution in [0.15, 0.2) is 140 Å². The van der Waals surface area contributed by atoms with Crippen LogP contribution in [0.1, 0.15) is 0 Å². The van der Waals surface area contributed by atoms with Gasteiger partial charge in [0.05, 0.1) is 22.1 Å². The van der Waals surface area contributed by atoms with Gasteiger partial charge in [0.25, 0.3) is 0 Å². The van der Waals surface area contributed by atoms with E-state index in [1.807, 2.05) is 0 Å². The van der Waals surface area contributed by atoms with Crippen molar-refractivity contribution in [3.05, 3.63) is 140 Å². The van der Waals surface area contributed by atoms with Crippen LogP contribution < -0.4 is 0 Å². The highest BCUT2D eigenvalue weighted by atomic mass is 15.1. The lowest BCUT2D eigenvalue weighted by atomic mass is 10.0. The van der Waals surface area contributed by atoms with Gasteiger partial charge in [-0.05, 0) is 53.1 Å². The average Bonchev–Trinajstić information content (AvgIpc) is 3.68. The van der Waals surface area contributed by atoms with Crippen molar-refractivity contribution in [2.75, 3.05) is 0 Å². The molecule has 6 aromatic carbocycles. The Morgan fingerprint density at radius 3 is 1.62 bits per heavy atom. The molecule has 0 aliphatic heterocycles. The topological polar surface area (TPSA) is 22.8 Å². The lowest BCUT2D eigenvalue weighted by Gasteiger charge is -2.13. The van der Waals surface area contributed by atoms with Crippen LogP contribution >= 0.6 is 0 Å². The Balaban J connectivity index is 1.28. The molecule has 0 N–H and O–H groups in total. The Bertz CT molecular complexity index is 2500. The fourth-order valence-electron chi connectivity index (χ4n) is 7.38. The summed E-state index contributed by atoms with van der Waals surface area (Å²) in [4.78, 5) is 5.16. The maximum Gasteiger partial charge on any atom is 0.145 e. The highest BCUT2D eigenvalue weighted by molar-refractivity contribution is 6.18. The van der Waals surface area contributed by atoms with E-state index in [1.54, 1.807) is 0 Å². The molecule has 9 aromatic rings. The molecule has 0 unspecified atom stereocenters. The summed E-state index contributed by atoms with van der Waals surface area (Å²) < 4.78 is 4.75. The molecule has 0 saturated heterocycles. The van der Waals surface area contributed by atoms with Crippen LogP contribution in [0.4, 0.5) is 0 Å². The largest absolute Gasteiger partial charge is 0.309 e. The van der Waals surface area contributed by atoms with Gasteiger partial charge in [-0.1, -0.05) is 97.1 Å². The van der Waals surface area contributed by atoms with Gasteiger partial charge in [0.2, 0.25) is 0 Å². The second-order valence-electron chi connectivity index (χ2n) is 11.2. The molecule has 0 atom stereocenters. The van der Waals surface area contributed by atoms with Crippen molar-refractivity contribution in [2.24, 2.45) is 0 Å². The Kier molecular flexibility index (Phi) is 4.18. The summed E-state index contributed by atoms with van der Waals surface area (Å²) in [5.74, 6) is 0.971. The molecule has 0 amide bonds. The molecule has 0 radical (unpaired) electrons. The highest BCUT2D eigenvalue weighted by Gasteiger charge is 2.24. The third-order valence-electron chi connectivity index (χ3n) is 9.10. The molecule has 3 aromatic heterocycles. The van der Waals surface area contributed by atoms with Gasteiger partial charge in [-0.3, -0.25) is 4.57 Å². The van der Waals surface area contributed by atoms with Crippen LogP contribution in [-0.4, -0.2) is 14.1 Å². The maximum atomic E-state index is 5.16. The first-order chi connectivity index (χ1) is 20.9. The number of fused-ring (bicyclic) bond motifs is 9. The predicted molar refractivity (Wildman–Crippen MR) is 175 cm³/mol. The van der Waals surface area contributed by atoms with E-state index in [-0.39, 0.29) is 0 Å². The quantitative estimate of drug-likeness (QED) is 0.217. The molecule has 0 fully saturated rings. The number of pyridine rings is 1. The molecule has 3 nitrogen and oxygen atoms in total. The molecule has 0 saturated carbocycles. The summed E-state index contributed by atoms with van der Waals surface area (Å²) in [7, 11) is 0. The van der Waals surface area contributed by atoms with Crippen LogP contribution in [0.2, 0.25) is 0 Å². The van der Waals surface area contributed by atoms with Crippen molar-refractivity contribution in [1.29, 1.82) is 0 Å². The zero-order valence-corrected chi connectivity index (χ0v) is 22.6. The second kappa shape index (κ2) is 7.96. The van der Waals surface area contributed by atoms with E-state index < -0.39 is 0 Å². The molecule has 0 spiro atoms. The van der Waals surface area contributed by atoms with Gasteiger partial charge in [0.15, 0.2) is 0 Å². The number of aromatic nitrogens is 3. The van der Waals surface area contributed by atoms with Gasteiger partial charge < -0.3 is 4.57 Å². The Morgan fingerprint density at radius 2 is 0.905 bits per heavy atom. The number of benzene rings is 6. The van der Waals surface area contributed by atoms with Gasteiger partial charge in [-0.15, -0.1) is 0 Å². The zero-order chi connectivity index (χ0) is 27.4. The first kappa shape index (κ1) is 22.1. The number of para-hydroxylation sites is 3. The molecule has 0 bridgehead atoms. The van der Waals surface area contributed by atoms with E-state index in [0.717, 1.165) is 22.5 Å². The normalized spacial score (nSPS) is 12.3. The molecule has 3 heterocycles. The first-order valence-corrected chi connectivity index (χ1v) is 14.4. The first-order valence-electron chi connectivity index (χ1n) is 14.4. The smallest absolute Gasteiger partial charge is 0.145 e. The molecule has 42 heavy (non-hydrogen) atoms. The fraction of sp³-hybridized carbons (Fsp3) is 0. The van der Waals surface area contributed by atoms with Crippen molar-refractivity contribution in [2.45, 2.75) is 0 Å². The number of nitrogens with zero attached hydrogens (tertiary/aromatic N) is 3. The van der Waals surface area contributed by atoms with Crippen LogP contribution in [0, 0.1) is 0 Å². The van der Waals surface area contributed by atoms with E-state index >= 15 is 0 Å².